The molecule has 27 heavy (non-hydrogen) atoms. The lowest BCUT2D eigenvalue weighted by Gasteiger charge is -2.13. The molecule has 0 bridgehead atoms. The Labute approximate surface area is 158 Å². The van der Waals surface area contributed by atoms with Gasteiger partial charge in [-0.25, -0.2) is 0 Å². The molecule has 3 aromatic rings. The number of carbonyl (C=O) groups is 1. The summed E-state index contributed by atoms with van der Waals surface area (Å²) < 4.78 is 5.87. The highest BCUT2D eigenvalue weighted by Gasteiger charge is 2.51. The van der Waals surface area contributed by atoms with Crippen molar-refractivity contribution in [1.82, 2.24) is 4.98 Å². The minimum absolute atomic E-state index is 0.506. The van der Waals surface area contributed by atoms with Gasteiger partial charge >= 0.3 is 5.97 Å². The zero-order valence-electron chi connectivity index (χ0n) is 15.0. The van der Waals surface area contributed by atoms with Crippen LogP contribution in [-0.2, 0) is 28.2 Å². The zero-order chi connectivity index (χ0) is 18.7. The Morgan fingerprint density at radius 1 is 1.00 bits per heavy atom. The van der Waals surface area contributed by atoms with Crippen molar-refractivity contribution in [1.29, 1.82) is 0 Å². The van der Waals surface area contributed by atoms with E-state index in [-0.39, 0.29) is 0 Å². The number of pyridine rings is 1. The molecule has 1 N–H and O–H groups in total. The van der Waals surface area contributed by atoms with E-state index in [9.17, 15) is 9.90 Å². The van der Waals surface area contributed by atoms with E-state index in [1.54, 1.807) is 12.4 Å². The van der Waals surface area contributed by atoms with E-state index in [4.69, 9.17) is 4.74 Å². The monoisotopic (exact) mass is 359 g/mol. The quantitative estimate of drug-likeness (QED) is 0.671. The molecule has 1 heterocycles. The lowest BCUT2D eigenvalue weighted by atomic mass is 9.93. The highest BCUT2D eigenvalue weighted by atomic mass is 16.5. The third kappa shape index (κ3) is 3.62. The first kappa shape index (κ1) is 17.4. The van der Waals surface area contributed by atoms with Crippen LogP contribution in [0, 0.1) is 0 Å². The number of rotatable bonds is 7. The van der Waals surface area contributed by atoms with Gasteiger partial charge in [-0.1, -0.05) is 54.6 Å². The smallest absolute Gasteiger partial charge is 0.314 e. The van der Waals surface area contributed by atoms with Crippen LogP contribution in [0.4, 0.5) is 0 Å². The summed E-state index contributed by atoms with van der Waals surface area (Å²) in [6.45, 7) is 1.02. The Morgan fingerprint density at radius 3 is 2.44 bits per heavy atom. The first-order valence-electron chi connectivity index (χ1n) is 9.08. The Hall–Kier alpha value is -2.98. The van der Waals surface area contributed by atoms with Crippen LogP contribution in [0.25, 0.3) is 11.1 Å². The molecule has 0 radical (unpaired) electrons. The lowest BCUT2D eigenvalue weighted by molar-refractivity contribution is -0.140. The summed E-state index contributed by atoms with van der Waals surface area (Å²) in [4.78, 5) is 15.6. The average Bonchev–Trinajstić information content (AvgIpc) is 3.52. The van der Waals surface area contributed by atoms with Crippen molar-refractivity contribution in [2.24, 2.45) is 0 Å². The number of aromatic nitrogens is 1. The number of carboxylic acid groups (broad SMARTS) is 1. The van der Waals surface area contributed by atoms with Crippen LogP contribution in [0.15, 0.2) is 73.1 Å². The van der Waals surface area contributed by atoms with Crippen LogP contribution in [0.2, 0.25) is 0 Å². The summed E-state index contributed by atoms with van der Waals surface area (Å²) in [5.41, 5.74) is 4.56. The van der Waals surface area contributed by atoms with Crippen LogP contribution in [0.3, 0.4) is 0 Å². The van der Waals surface area contributed by atoms with Crippen molar-refractivity contribution in [2.75, 3.05) is 0 Å². The van der Waals surface area contributed by atoms with Gasteiger partial charge in [0.1, 0.15) is 0 Å². The molecule has 0 spiro atoms. The SMILES string of the molecule is O=C(O)C1(c2ccc(-c3ccccc3COCc3cccnc3)cc2)CC1. The van der Waals surface area contributed by atoms with Gasteiger partial charge in [-0.3, -0.25) is 9.78 Å². The van der Waals surface area contributed by atoms with Crippen molar-refractivity contribution < 1.29 is 14.6 Å². The van der Waals surface area contributed by atoms with Crippen molar-refractivity contribution in [2.45, 2.75) is 31.5 Å². The van der Waals surface area contributed by atoms with Gasteiger partial charge in [-0.15, -0.1) is 0 Å². The van der Waals surface area contributed by atoms with Gasteiger partial charge < -0.3 is 9.84 Å². The molecule has 1 aliphatic carbocycles. The molecule has 4 rings (SSSR count). The van der Waals surface area contributed by atoms with Gasteiger partial charge in [0.2, 0.25) is 0 Å². The van der Waals surface area contributed by atoms with Gasteiger partial charge in [0.15, 0.2) is 0 Å². The highest BCUT2D eigenvalue weighted by molar-refractivity contribution is 5.85. The Morgan fingerprint density at radius 2 is 1.78 bits per heavy atom. The van der Waals surface area contributed by atoms with Gasteiger partial charge in [-0.05, 0) is 46.7 Å². The number of ether oxygens (including phenoxy) is 1. The van der Waals surface area contributed by atoms with E-state index >= 15 is 0 Å². The van der Waals surface area contributed by atoms with E-state index in [2.05, 4.69) is 17.1 Å². The Bertz CT molecular complexity index is 931. The largest absolute Gasteiger partial charge is 0.481 e. The zero-order valence-corrected chi connectivity index (χ0v) is 15.0. The highest BCUT2D eigenvalue weighted by Crippen LogP contribution is 2.48. The summed E-state index contributed by atoms with van der Waals surface area (Å²) >= 11 is 0. The molecule has 1 saturated carbocycles. The van der Waals surface area contributed by atoms with E-state index in [1.807, 2.05) is 48.5 Å². The minimum Gasteiger partial charge on any atom is -0.481 e. The molecule has 0 aliphatic heterocycles. The van der Waals surface area contributed by atoms with Gasteiger partial charge in [-0.2, -0.15) is 0 Å². The fourth-order valence-corrected chi connectivity index (χ4v) is 3.41. The Balaban J connectivity index is 1.50. The molecular weight excluding hydrogens is 338 g/mol. The molecule has 136 valence electrons. The number of hydrogen-bond acceptors (Lipinski definition) is 3. The first-order chi connectivity index (χ1) is 13.2. The van der Waals surface area contributed by atoms with E-state index in [1.165, 1.54) is 0 Å². The minimum atomic E-state index is -0.723. The van der Waals surface area contributed by atoms with Crippen molar-refractivity contribution in [3.05, 3.63) is 89.7 Å². The topological polar surface area (TPSA) is 59.4 Å². The van der Waals surface area contributed by atoms with Crippen molar-refractivity contribution in [3.8, 4) is 11.1 Å². The first-order valence-corrected chi connectivity index (χ1v) is 9.08. The van der Waals surface area contributed by atoms with Crippen LogP contribution in [-0.4, -0.2) is 16.1 Å². The van der Waals surface area contributed by atoms with Crippen LogP contribution < -0.4 is 0 Å². The number of nitrogens with zero attached hydrogens (tertiary/aromatic N) is 1. The molecule has 1 aliphatic rings. The van der Waals surface area contributed by atoms with Crippen LogP contribution in [0.5, 0.6) is 0 Å². The normalized spacial score (nSPS) is 14.7. The Kier molecular flexibility index (Phi) is 4.73. The number of hydrogen-bond donors (Lipinski definition) is 1. The molecule has 2 aromatic carbocycles. The maximum absolute atomic E-state index is 11.5. The molecule has 0 amide bonds. The van der Waals surface area contributed by atoms with Gasteiger partial charge in [0, 0.05) is 12.4 Å². The molecule has 0 atom stereocenters. The lowest BCUT2D eigenvalue weighted by Crippen LogP contribution is -2.19. The molecule has 0 unspecified atom stereocenters. The predicted molar refractivity (Wildman–Crippen MR) is 103 cm³/mol. The second kappa shape index (κ2) is 7.33. The van der Waals surface area contributed by atoms with Crippen molar-refractivity contribution in [3.63, 3.8) is 0 Å². The van der Waals surface area contributed by atoms with E-state index in [0.29, 0.717) is 13.2 Å². The van der Waals surface area contributed by atoms with Gasteiger partial charge in [0.05, 0.1) is 18.6 Å². The van der Waals surface area contributed by atoms with Crippen LogP contribution >= 0.6 is 0 Å². The van der Waals surface area contributed by atoms with Crippen LogP contribution in [0.1, 0.15) is 29.5 Å². The molecule has 1 aromatic heterocycles. The second-order valence-electron chi connectivity index (χ2n) is 6.98. The molecular formula is C23H21NO3. The standard InChI is InChI=1S/C23H21NO3/c25-22(26)23(11-12-23)20-9-7-18(8-10-20)21-6-2-1-5-19(21)16-27-15-17-4-3-13-24-14-17/h1-10,13-14H,11-12,15-16H2,(H,25,26). The summed E-state index contributed by atoms with van der Waals surface area (Å²) in [6.07, 6.45) is 5.00. The molecule has 0 saturated heterocycles. The fraction of sp³-hybridized carbons (Fsp3) is 0.217. The maximum Gasteiger partial charge on any atom is 0.314 e. The molecule has 4 heteroatoms. The van der Waals surface area contributed by atoms with E-state index in [0.717, 1.165) is 40.7 Å². The second-order valence-corrected chi connectivity index (χ2v) is 6.98. The maximum atomic E-state index is 11.5. The number of carboxylic acids is 1. The third-order valence-electron chi connectivity index (χ3n) is 5.17. The predicted octanol–water partition coefficient (Wildman–Crippen LogP) is 4.58. The summed E-state index contributed by atoms with van der Waals surface area (Å²) in [6, 6.07) is 20.0. The van der Waals surface area contributed by atoms with E-state index < -0.39 is 11.4 Å². The molecule has 1 fully saturated rings. The van der Waals surface area contributed by atoms with Gasteiger partial charge in [0.25, 0.3) is 0 Å². The third-order valence-corrected chi connectivity index (χ3v) is 5.17. The summed E-state index contributed by atoms with van der Waals surface area (Å²) in [7, 11) is 0. The molecule has 4 nitrogen and oxygen atoms in total. The number of benzene rings is 2. The summed E-state index contributed by atoms with van der Waals surface area (Å²) in [5.74, 6) is -0.723. The van der Waals surface area contributed by atoms with Crippen molar-refractivity contribution >= 4 is 5.97 Å². The summed E-state index contributed by atoms with van der Waals surface area (Å²) in [5, 5.41) is 9.46. The fourth-order valence-electron chi connectivity index (χ4n) is 3.41. The number of aliphatic carboxylic acids is 1. The average molecular weight is 359 g/mol.